The number of hydrogen-bond donors (Lipinski definition) is 1. The van der Waals surface area contributed by atoms with E-state index >= 15 is 0 Å². The lowest BCUT2D eigenvalue weighted by Gasteiger charge is -2.13. The molecule has 0 aliphatic heterocycles. The number of benzene rings is 1. The van der Waals surface area contributed by atoms with Gasteiger partial charge in [0.1, 0.15) is 5.82 Å². The highest BCUT2D eigenvalue weighted by molar-refractivity contribution is 5.94. The average molecular weight is 206 g/mol. The van der Waals surface area contributed by atoms with Crippen molar-refractivity contribution in [3.05, 3.63) is 29.6 Å². The minimum absolute atomic E-state index is 0.0196. The van der Waals surface area contributed by atoms with Gasteiger partial charge in [-0.15, -0.1) is 6.42 Å². The van der Waals surface area contributed by atoms with Crippen LogP contribution in [0.1, 0.15) is 10.4 Å². The van der Waals surface area contributed by atoms with Gasteiger partial charge in [-0.05, 0) is 18.2 Å². The first kappa shape index (κ1) is 11.1. The molecule has 0 bridgehead atoms. The van der Waals surface area contributed by atoms with Gasteiger partial charge >= 0.3 is 0 Å². The molecular weight excluding hydrogens is 195 g/mol. The maximum absolute atomic E-state index is 13.1. The Balaban J connectivity index is 2.93. The third-order valence-electron chi connectivity index (χ3n) is 1.92. The standard InChI is InChI=1S/C11H11FN2O/c1-3-6-14(2)11(15)8-4-5-10(13)9(12)7-8/h1,4-5,7H,6,13H2,2H3. The van der Waals surface area contributed by atoms with Crippen molar-refractivity contribution in [3.63, 3.8) is 0 Å². The number of hydrogen-bond acceptors (Lipinski definition) is 2. The van der Waals surface area contributed by atoms with Crippen LogP contribution in [0.4, 0.5) is 10.1 Å². The highest BCUT2D eigenvalue weighted by Gasteiger charge is 2.12. The van der Waals surface area contributed by atoms with E-state index in [-0.39, 0.29) is 23.7 Å². The van der Waals surface area contributed by atoms with E-state index in [2.05, 4.69) is 5.92 Å². The molecule has 2 N–H and O–H groups in total. The number of anilines is 1. The molecule has 0 aromatic heterocycles. The molecule has 0 saturated heterocycles. The fraction of sp³-hybridized carbons (Fsp3) is 0.182. The maximum Gasteiger partial charge on any atom is 0.254 e. The summed E-state index contributed by atoms with van der Waals surface area (Å²) in [6.07, 6.45) is 5.06. The predicted octanol–water partition coefficient (Wildman–Crippen LogP) is 1.11. The van der Waals surface area contributed by atoms with E-state index in [1.54, 1.807) is 7.05 Å². The van der Waals surface area contributed by atoms with E-state index in [0.717, 1.165) is 6.07 Å². The molecule has 1 aromatic carbocycles. The number of rotatable bonds is 2. The smallest absolute Gasteiger partial charge is 0.254 e. The zero-order valence-corrected chi connectivity index (χ0v) is 8.33. The van der Waals surface area contributed by atoms with Gasteiger partial charge in [0.2, 0.25) is 0 Å². The number of nitrogens with zero attached hydrogens (tertiary/aromatic N) is 1. The van der Waals surface area contributed by atoms with Gasteiger partial charge in [-0.25, -0.2) is 4.39 Å². The van der Waals surface area contributed by atoms with E-state index in [0.29, 0.717) is 0 Å². The first-order valence-corrected chi connectivity index (χ1v) is 4.30. The molecule has 0 fully saturated rings. The lowest BCUT2D eigenvalue weighted by Crippen LogP contribution is -2.27. The van der Waals surface area contributed by atoms with Gasteiger partial charge in [-0.2, -0.15) is 0 Å². The molecule has 3 nitrogen and oxygen atoms in total. The summed E-state index contributed by atoms with van der Waals surface area (Å²) in [4.78, 5) is 12.9. The normalized spacial score (nSPS) is 9.40. The van der Waals surface area contributed by atoms with Crippen LogP contribution in [0.5, 0.6) is 0 Å². The first-order chi connectivity index (χ1) is 7.06. The van der Waals surface area contributed by atoms with Gasteiger partial charge in [0.05, 0.1) is 12.2 Å². The van der Waals surface area contributed by atoms with E-state index in [9.17, 15) is 9.18 Å². The summed E-state index contributed by atoms with van der Waals surface area (Å²) in [5, 5.41) is 0. The Morgan fingerprint density at radius 3 is 2.87 bits per heavy atom. The van der Waals surface area contributed by atoms with Crippen LogP contribution in [0.25, 0.3) is 0 Å². The molecule has 1 amide bonds. The molecule has 15 heavy (non-hydrogen) atoms. The topological polar surface area (TPSA) is 46.3 Å². The largest absolute Gasteiger partial charge is 0.396 e. The van der Waals surface area contributed by atoms with Crippen molar-refractivity contribution in [1.82, 2.24) is 4.90 Å². The van der Waals surface area contributed by atoms with Crippen molar-refractivity contribution in [2.75, 3.05) is 19.3 Å². The monoisotopic (exact) mass is 206 g/mol. The maximum atomic E-state index is 13.1. The second kappa shape index (κ2) is 4.47. The number of carbonyl (C=O) groups excluding carboxylic acids is 1. The van der Waals surface area contributed by atoms with Crippen LogP contribution >= 0.6 is 0 Å². The molecule has 0 saturated carbocycles. The van der Waals surface area contributed by atoms with Gasteiger partial charge in [-0.3, -0.25) is 4.79 Å². The average Bonchev–Trinajstić information content (AvgIpc) is 2.21. The second-order valence-corrected chi connectivity index (χ2v) is 3.10. The lowest BCUT2D eigenvalue weighted by molar-refractivity contribution is 0.0812. The molecule has 0 radical (unpaired) electrons. The Hall–Kier alpha value is -2.02. The van der Waals surface area contributed by atoms with Gasteiger partial charge in [0, 0.05) is 12.6 Å². The van der Waals surface area contributed by atoms with Crippen LogP contribution in [0.2, 0.25) is 0 Å². The summed E-state index contributed by atoms with van der Waals surface area (Å²) in [6, 6.07) is 3.92. The Bertz CT molecular complexity index is 423. The fourth-order valence-electron chi connectivity index (χ4n) is 1.09. The van der Waals surface area contributed by atoms with Gasteiger partial charge < -0.3 is 10.6 Å². The zero-order chi connectivity index (χ0) is 11.4. The van der Waals surface area contributed by atoms with Crippen LogP contribution in [0.3, 0.4) is 0 Å². The molecule has 1 aromatic rings. The molecular formula is C11H11FN2O. The van der Waals surface area contributed by atoms with Crippen molar-refractivity contribution >= 4 is 11.6 Å². The molecule has 0 heterocycles. The summed E-state index contributed by atoms with van der Waals surface area (Å²) in [5.41, 5.74) is 5.55. The quantitative estimate of drug-likeness (QED) is 0.582. The summed E-state index contributed by atoms with van der Waals surface area (Å²) < 4.78 is 13.1. The van der Waals surface area contributed by atoms with Crippen LogP contribution < -0.4 is 5.73 Å². The number of nitrogens with two attached hydrogens (primary N) is 1. The van der Waals surface area contributed by atoms with E-state index in [4.69, 9.17) is 12.2 Å². The minimum atomic E-state index is -0.602. The van der Waals surface area contributed by atoms with Crippen LogP contribution in [0.15, 0.2) is 18.2 Å². The summed E-state index contributed by atoms with van der Waals surface area (Å²) in [5.74, 6) is 1.40. The fourth-order valence-corrected chi connectivity index (χ4v) is 1.09. The molecule has 0 unspecified atom stereocenters. The van der Waals surface area contributed by atoms with Crippen molar-refractivity contribution in [2.45, 2.75) is 0 Å². The van der Waals surface area contributed by atoms with E-state index in [1.165, 1.54) is 17.0 Å². The van der Waals surface area contributed by atoms with Gasteiger partial charge in [-0.1, -0.05) is 5.92 Å². The Labute approximate surface area is 87.7 Å². The van der Waals surface area contributed by atoms with Crippen LogP contribution in [-0.2, 0) is 0 Å². The second-order valence-electron chi connectivity index (χ2n) is 3.10. The third kappa shape index (κ3) is 2.47. The van der Waals surface area contributed by atoms with E-state index < -0.39 is 5.82 Å². The molecule has 0 spiro atoms. The van der Waals surface area contributed by atoms with Crippen LogP contribution in [0, 0.1) is 18.2 Å². The highest BCUT2D eigenvalue weighted by Crippen LogP contribution is 2.13. The Morgan fingerprint density at radius 2 is 2.33 bits per heavy atom. The number of nitrogen functional groups attached to an aromatic ring is 1. The van der Waals surface area contributed by atoms with Crippen molar-refractivity contribution in [1.29, 1.82) is 0 Å². The number of halogens is 1. The first-order valence-electron chi connectivity index (χ1n) is 4.30. The summed E-state index contributed by atoms with van der Waals surface area (Å²) in [6.45, 7) is 0.185. The molecule has 4 heteroatoms. The molecule has 1 rings (SSSR count). The zero-order valence-electron chi connectivity index (χ0n) is 8.33. The Kier molecular flexibility index (Phi) is 3.29. The molecule has 0 aliphatic carbocycles. The van der Waals surface area contributed by atoms with E-state index in [1.807, 2.05) is 0 Å². The Morgan fingerprint density at radius 1 is 1.67 bits per heavy atom. The van der Waals surface area contributed by atoms with Gasteiger partial charge in [0.25, 0.3) is 5.91 Å². The SMILES string of the molecule is C#CCN(C)C(=O)c1ccc(N)c(F)c1. The molecule has 0 atom stereocenters. The van der Waals surface area contributed by atoms with Gasteiger partial charge in [0.15, 0.2) is 0 Å². The highest BCUT2D eigenvalue weighted by atomic mass is 19.1. The number of terminal acetylenes is 1. The number of amides is 1. The minimum Gasteiger partial charge on any atom is -0.396 e. The lowest BCUT2D eigenvalue weighted by atomic mass is 10.2. The van der Waals surface area contributed by atoms with Crippen molar-refractivity contribution in [3.8, 4) is 12.3 Å². The van der Waals surface area contributed by atoms with Crippen molar-refractivity contribution in [2.24, 2.45) is 0 Å². The molecule has 0 aliphatic rings. The number of carbonyl (C=O) groups is 1. The van der Waals surface area contributed by atoms with Crippen LogP contribution in [-0.4, -0.2) is 24.4 Å². The summed E-state index contributed by atoms with van der Waals surface area (Å²) >= 11 is 0. The van der Waals surface area contributed by atoms with Crippen molar-refractivity contribution < 1.29 is 9.18 Å². The summed E-state index contributed by atoms with van der Waals surface area (Å²) in [7, 11) is 1.55. The predicted molar refractivity (Wildman–Crippen MR) is 56.6 cm³/mol. The third-order valence-corrected chi connectivity index (χ3v) is 1.92. The molecule has 78 valence electrons.